The van der Waals surface area contributed by atoms with Crippen LogP contribution < -0.4 is 5.32 Å². The number of hydrogen-bond acceptors (Lipinski definition) is 1. The minimum atomic E-state index is -0.899. The summed E-state index contributed by atoms with van der Waals surface area (Å²) in [5, 5.41) is 2.43. The molecule has 0 fully saturated rings. The molecule has 1 N–H and O–H groups in total. The lowest BCUT2D eigenvalue weighted by molar-refractivity contribution is 0.0945. The van der Waals surface area contributed by atoms with Gasteiger partial charge in [-0.05, 0) is 36.2 Å². The number of nitrogens with one attached hydrogen (secondary N) is 1. The molecule has 0 radical (unpaired) electrons. The van der Waals surface area contributed by atoms with E-state index in [1.165, 1.54) is 18.2 Å². The van der Waals surface area contributed by atoms with E-state index in [2.05, 4.69) is 5.32 Å². The third kappa shape index (κ3) is 3.38. The first kappa shape index (κ1) is 14.1. The van der Waals surface area contributed by atoms with Gasteiger partial charge in [-0.2, -0.15) is 0 Å². The van der Waals surface area contributed by atoms with Gasteiger partial charge in [-0.1, -0.05) is 18.2 Å². The lowest BCUT2D eigenvalue weighted by atomic mass is 10.1. The normalized spacial score (nSPS) is 10.3. The van der Waals surface area contributed by atoms with Crippen molar-refractivity contribution in [2.45, 2.75) is 6.42 Å². The Kier molecular flexibility index (Phi) is 4.40. The number of benzene rings is 2. The summed E-state index contributed by atoms with van der Waals surface area (Å²) < 4.78 is 39.4. The number of halogens is 3. The van der Waals surface area contributed by atoms with Crippen LogP contribution in [0.2, 0.25) is 0 Å². The van der Waals surface area contributed by atoms with Crippen molar-refractivity contribution in [1.82, 2.24) is 5.32 Å². The van der Waals surface area contributed by atoms with Crippen LogP contribution in [0.5, 0.6) is 0 Å². The molecule has 0 spiro atoms. The van der Waals surface area contributed by atoms with Crippen LogP contribution in [-0.2, 0) is 6.42 Å². The van der Waals surface area contributed by atoms with Gasteiger partial charge < -0.3 is 5.32 Å². The monoisotopic (exact) mass is 279 g/mol. The van der Waals surface area contributed by atoms with Gasteiger partial charge in [0.25, 0.3) is 5.91 Å². The molecule has 0 saturated carbocycles. The molecule has 2 aromatic carbocycles. The van der Waals surface area contributed by atoms with Crippen LogP contribution in [0.4, 0.5) is 13.2 Å². The molecule has 0 aliphatic heterocycles. The van der Waals surface area contributed by atoms with Crippen molar-refractivity contribution in [3.8, 4) is 0 Å². The summed E-state index contributed by atoms with van der Waals surface area (Å²) >= 11 is 0. The van der Waals surface area contributed by atoms with Gasteiger partial charge in [0.15, 0.2) is 0 Å². The highest BCUT2D eigenvalue weighted by Gasteiger charge is 2.16. The van der Waals surface area contributed by atoms with Crippen LogP contribution in [0, 0.1) is 17.5 Å². The van der Waals surface area contributed by atoms with E-state index in [0.29, 0.717) is 6.42 Å². The zero-order valence-electron chi connectivity index (χ0n) is 10.5. The van der Waals surface area contributed by atoms with E-state index in [-0.39, 0.29) is 12.4 Å². The number of carbonyl (C=O) groups excluding carboxylic acids is 1. The lowest BCUT2D eigenvalue weighted by Gasteiger charge is -2.07. The topological polar surface area (TPSA) is 29.1 Å². The highest BCUT2D eigenvalue weighted by atomic mass is 19.1. The third-order valence-corrected chi connectivity index (χ3v) is 2.80. The summed E-state index contributed by atoms with van der Waals surface area (Å²) in [7, 11) is 0. The van der Waals surface area contributed by atoms with Gasteiger partial charge in [0.2, 0.25) is 0 Å². The minimum absolute atomic E-state index is 0.207. The van der Waals surface area contributed by atoms with Crippen molar-refractivity contribution in [2.75, 3.05) is 6.54 Å². The molecule has 2 aromatic rings. The molecule has 104 valence electrons. The van der Waals surface area contributed by atoms with Gasteiger partial charge in [0.1, 0.15) is 23.0 Å². The van der Waals surface area contributed by atoms with Crippen molar-refractivity contribution in [3.63, 3.8) is 0 Å². The Balaban J connectivity index is 1.94. The van der Waals surface area contributed by atoms with Crippen LogP contribution in [0.15, 0.2) is 42.5 Å². The Labute approximate surface area is 114 Å². The minimum Gasteiger partial charge on any atom is -0.352 e. The first-order chi connectivity index (χ1) is 9.58. The molecule has 0 aliphatic carbocycles. The fourth-order valence-electron chi connectivity index (χ4n) is 1.77. The summed E-state index contributed by atoms with van der Waals surface area (Å²) in [6.45, 7) is 0.207. The van der Waals surface area contributed by atoms with Crippen LogP contribution in [0.25, 0.3) is 0 Å². The molecule has 5 heteroatoms. The van der Waals surface area contributed by atoms with E-state index < -0.39 is 23.1 Å². The van der Waals surface area contributed by atoms with Crippen LogP contribution >= 0.6 is 0 Å². The predicted octanol–water partition coefficient (Wildman–Crippen LogP) is 3.08. The fraction of sp³-hybridized carbons (Fsp3) is 0.133. The maximum absolute atomic E-state index is 13.4. The van der Waals surface area contributed by atoms with Gasteiger partial charge in [-0.15, -0.1) is 0 Å². The second-order valence-corrected chi connectivity index (χ2v) is 4.23. The zero-order valence-corrected chi connectivity index (χ0v) is 10.5. The second-order valence-electron chi connectivity index (χ2n) is 4.23. The molecule has 0 unspecified atom stereocenters. The average molecular weight is 279 g/mol. The number of hydrogen-bond donors (Lipinski definition) is 1. The summed E-state index contributed by atoms with van der Waals surface area (Å²) in [6, 6.07) is 9.05. The predicted molar refractivity (Wildman–Crippen MR) is 68.8 cm³/mol. The summed E-state index contributed by atoms with van der Waals surface area (Å²) in [5.41, 5.74) is 0.229. The van der Waals surface area contributed by atoms with Crippen LogP contribution in [-0.4, -0.2) is 12.5 Å². The van der Waals surface area contributed by atoms with E-state index in [9.17, 15) is 18.0 Å². The molecular formula is C15H12F3NO. The van der Waals surface area contributed by atoms with Crippen molar-refractivity contribution >= 4 is 5.91 Å². The highest BCUT2D eigenvalue weighted by Crippen LogP contribution is 2.11. The fourth-order valence-corrected chi connectivity index (χ4v) is 1.77. The lowest BCUT2D eigenvalue weighted by Crippen LogP contribution is -2.27. The van der Waals surface area contributed by atoms with Gasteiger partial charge in [-0.3, -0.25) is 4.79 Å². The SMILES string of the molecule is O=C(NCCc1ccc(F)cc1)c1c(F)cccc1F. The molecule has 1 amide bonds. The number of amides is 1. The summed E-state index contributed by atoms with van der Waals surface area (Å²) in [4.78, 5) is 11.7. The molecule has 20 heavy (non-hydrogen) atoms. The van der Waals surface area contributed by atoms with Crippen molar-refractivity contribution in [2.24, 2.45) is 0 Å². The molecule has 2 nitrogen and oxygen atoms in total. The first-order valence-corrected chi connectivity index (χ1v) is 6.04. The van der Waals surface area contributed by atoms with E-state index in [0.717, 1.165) is 17.7 Å². The quantitative estimate of drug-likeness (QED) is 0.915. The molecular weight excluding hydrogens is 267 g/mol. The smallest absolute Gasteiger partial charge is 0.257 e. The van der Waals surface area contributed by atoms with Crippen LogP contribution in [0.1, 0.15) is 15.9 Å². The van der Waals surface area contributed by atoms with E-state index in [1.807, 2.05) is 0 Å². The number of rotatable bonds is 4. The summed E-state index contributed by atoms with van der Waals surface area (Å²) in [6.07, 6.45) is 0.447. The van der Waals surface area contributed by atoms with Gasteiger partial charge >= 0.3 is 0 Å². The van der Waals surface area contributed by atoms with Gasteiger partial charge in [0, 0.05) is 6.54 Å². The maximum Gasteiger partial charge on any atom is 0.257 e. The molecule has 0 atom stereocenters. The molecule has 2 rings (SSSR count). The van der Waals surface area contributed by atoms with E-state index in [4.69, 9.17) is 0 Å². The van der Waals surface area contributed by atoms with Crippen molar-refractivity contribution < 1.29 is 18.0 Å². The standard InChI is InChI=1S/C15H12F3NO/c16-11-6-4-10(5-7-11)8-9-19-15(20)14-12(17)2-1-3-13(14)18/h1-7H,8-9H2,(H,19,20). The first-order valence-electron chi connectivity index (χ1n) is 6.04. The Bertz CT molecular complexity index is 591. The van der Waals surface area contributed by atoms with Gasteiger partial charge in [-0.25, -0.2) is 13.2 Å². The van der Waals surface area contributed by atoms with Crippen molar-refractivity contribution in [3.05, 3.63) is 71.0 Å². The average Bonchev–Trinajstić information content (AvgIpc) is 2.41. The number of carbonyl (C=O) groups is 1. The van der Waals surface area contributed by atoms with Crippen molar-refractivity contribution in [1.29, 1.82) is 0 Å². The molecule has 0 bridgehead atoms. The Morgan fingerprint density at radius 2 is 1.55 bits per heavy atom. The Hall–Kier alpha value is -2.30. The molecule has 0 aliphatic rings. The van der Waals surface area contributed by atoms with Crippen LogP contribution in [0.3, 0.4) is 0 Å². The van der Waals surface area contributed by atoms with E-state index >= 15 is 0 Å². The molecule has 0 heterocycles. The second kappa shape index (κ2) is 6.23. The largest absolute Gasteiger partial charge is 0.352 e. The zero-order chi connectivity index (χ0) is 14.5. The van der Waals surface area contributed by atoms with Gasteiger partial charge in [0.05, 0.1) is 0 Å². The highest BCUT2D eigenvalue weighted by molar-refractivity contribution is 5.94. The maximum atomic E-state index is 13.4. The van der Waals surface area contributed by atoms with E-state index in [1.54, 1.807) is 12.1 Å². The molecule has 0 saturated heterocycles. The summed E-state index contributed by atoms with van der Waals surface area (Å²) in [5.74, 6) is -2.94. The Morgan fingerprint density at radius 1 is 0.950 bits per heavy atom. The molecule has 0 aromatic heterocycles. The Morgan fingerprint density at radius 3 is 2.15 bits per heavy atom. The third-order valence-electron chi connectivity index (χ3n) is 2.80.